The third-order valence-corrected chi connectivity index (χ3v) is 5.02. The van der Waals surface area contributed by atoms with Crippen LogP contribution in [0.5, 0.6) is 0 Å². The summed E-state index contributed by atoms with van der Waals surface area (Å²) < 4.78 is 55.0. The van der Waals surface area contributed by atoms with Gasteiger partial charge in [-0.15, -0.1) is 0 Å². The van der Waals surface area contributed by atoms with Crippen molar-refractivity contribution >= 4 is 32.5 Å². The van der Waals surface area contributed by atoms with Gasteiger partial charge >= 0.3 is 11.5 Å². The molecule has 0 spiro atoms. The predicted octanol–water partition coefficient (Wildman–Crippen LogP) is 2.23. The van der Waals surface area contributed by atoms with Gasteiger partial charge in [0.15, 0.2) is 5.58 Å². The van der Waals surface area contributed by atoms with Crippen LogP contribution in [0.4, 0.5) is 14.5 Å². The third kappa shape index (κ3) is 3.23. The minimum Gasteiger partial charge on any atom is -0.408 e. The molecule has 1 heterocycles. The van der Waals surface area contributed by atoms with Crippen molar-refractivity contribution < 1.29 is 26.4 Å². The average Bonchev–Trinajstić information content (AvgIpc) is 2.91. The highest BCUT2D eigenvalue weighted by atomic mass is 32.2. The highest BCUT2D eigenvalue weighted by Crippen LogP contribution is 2.26. The Labute approximate surface area is 145 Å². The number of hydrogen-bond acceptors (Lipinski definition) is 5. The number of anilines is 1. The molecule has 1 N–H and O–H groups in total. The number of alkyl halides is 2. The molecule has 0 radical (unpaired) electrons. The predicted molar refractivity (Wildman–Crippen MR) is 88.7 cm³/mol. The van der Waals surface area contributed by atoms with Gasteiger partial charge in [0.25, 0.3) is 0 Å². The van der Waals surface area contributed by atoms with Crippen LogP contribution < -0.4 is 11.1 Å². The normalized spacial score (nSPS) is 11.8. The molecule has 0 aliphatic carbocycles. The monoisotopic (exact) mass is 382 g/mol. The Morgan fingerprint density at radius 3 is 2.50 bits per heavy atom. The van der Waals surface area contributed by atoms with E-state index in [1.54, 1.807) is 24.3 Å². The van der Waals surface area contributed by atoms with E-state index in [0.29, 0.717) is 5.52 Å². The lowest BCUT2D eigenvalue weighted by Gasteiger charge is -2.11. The van der Waals surface area contributed by atoms with Gasteiger partial charge in [0.1, 0.15) is 6.54 Å². The van der Waals surface area contributed by atoms with E-state index in [9.17, 15) is 26.8 Å². The zero-order chi connectivity index (χ0) is 18.9. The lowest BCUT2D eigenvalue weighted by molar-refractivity contribution is -0.116. The lowest BCUT2D eigenvalue weighted by atomic mass is 10.3. The van der Waals surface area contributed by atoms with E-state index in [0.717, 1.165) is 10.6 Å². The van der Waals surface area contributed by atoms with Crippen LogP contribution in [0.3, 0.4) is 0 Å². The molecular weight excluding hydrogens is 370 g/mol. The zero-order valence-corrected chi connectivity index (χ0v) is 13.9. The minimum atomic E-state index is -4.89. The van der Waals surface area contributed by atoms with Crippen LogP contribution in [0.2, 0.25) is 0 Å². The van der Waals surface area contributed by atoms with Crippen LogP contribution in [0.25, 0.3) is 11.1 Å². The summed E-state index contributed by atoms with van der Waals surface area (Å²) in [5, 5.41) is 2.25. The van der Waals surface area contributed by atoms with Crippen molar-refractivity contribution in [1.29, 1.82) is 0 Å². The highest BCUT2D eigenvalue weighted by Gasteiger charge is 2.29. The summed E-state index contributed by atoms with van der Waals surface area (Å²) in [5.41, 5.74) is 0.366. The van der Waals surface area contributed by atoms with E-state index in [-0.39, 0.29) is 11.3 Å². The van der Waals surface area contributed by atoms with Crippen LogP contribution in [0.1, 0.15) is 0 Å². The number of fused-ring (bicyclic) bond motifs is 1. The minimum absolute atomic E-state index is 0.283. The molecule has 0 aliphatic rings. The van der Waals surface area contributed by atoms with E-state index in [2.05, 4.69) is 5.32 Å². The number of nitrogens with one attached hydrogen (secondary N) is 1. The van der Waals surface area contributed by atoms with Crippen LogP contribution in [0, 0.1) is 0 Å². The van der Waals surface area contributed by atoms with Crippen molar-refractivity contribution in [3.8, 4) is 0 Å². The molecule has 0 unspecified atom stereocenters. The number of halogens is 2. The molecule has 2 aromatic carbocycles. The van der Waals surface area contributed by atoms with Crippen molar-refractivity contribution in [2.45, 2.75) is 17.2 Å². The molecule has 0 atom stereocenters. The summed E-state index contributed by atoms with van der Waals surface area (Å²) in [6, 6.07) is 11.2. The number of amides is 1. The van der Waals surface area contributed by atoms with E-state index in [4.69, 9.17) is 4.42 Å². The van der Waals surface area contributed by atoms with Crippen LogP contribution in [-0.4, -0.2) is 24.6 Å². The number of nitrogens with zero attached hydrogens (tertiary/aromatic N) is 1. The number of rotatable bonds is 5. The Kier molecular flexibility index (Phi) is 4.60. The number of carbonyl (C=O) groups excluding carboxylic acids is 1. The summed E-state index contributed by atoms with van der Waals surface area (Å²) >= 11 is 0. The first-order valence-electron chi connectivity index (χ1n) is 7.30. The van der Waals surface area contributed by atoms with Crippen molar-refractivity contribution in [2.24, 2.45) is 0 Å². The number of oxazole rings is 1. The van der Waals surface area contributed by atoms with E-state index in [1.165, 1.54) is 18.2 Å². The van der Waals surface area contributed by atoms with Crippen LogP contribution in [0.15, 0.2) is 62.6 Å². The molecule has 7 nitrogen and oxygen atoms in total. The zero-order valence-electron chi connectivity index (χ0n) is 13.1. The largest absolute Gasteiger partial charge is 0.420 e. The Morgan fingerprint density at radius 2 is 1.77 bits per heavy atom. The first-order valence-corrected chi connectivity index (χ1v) is 8.84. The molecule has 26 heavy (non-hydrogen) atoms. The number of sulfone groups is 1. The number of para-hydroxylation sites is 3. The highest BCUT2D eigenvalue weighted by molar-refractivity contribution is 7.91. The van der Waals surface area contributed by atoms with Gasteiger partial charge in [0.05, 0.1) is 16.1 Å². The van der Waals surface area contributed by atoms with Gasteiger partial charge in [-0.25, -0.2) is 13.2 Å². The van der Waals surface area contributed by atoms with Crippen molar-refractivity contribution in [3.05, 3.63) is 59.1 Å². The summed E-state index contributed by atoms with van der Waals surface area (Å²) in [5.74, 6) is -5.16. The molecule has 136 valence electrons. The SMILES string of the molecule is O=C(Cn1c(=O)oc2ccccc21)Nc1ccccc1S(=O)(=O)C(F)F. The molecule has 3 aromatic rings. The lowest BCUT2D eigenvalue weighted by Crippen LogP contribution is -2.25. The smallest absolute Gasteiger partial charge is 0.408 e. The fraction of sp³-hybridized carbons (Fsp3) is 0.125. The van der Waals surface area contributed by atoms with Gasteiger partial charge < -0.3 is 9.73 Å². The number of benzene rings is 2. The molecule has 1 aromatic heterocycles. The average molecular weight is 382 g/mol. The second-order valence-corrected chi connectivity index (χ2v) is 7.16. The number of aromatic nitrogens is 1. The quantitative estimate of drug-likeness (QED) is 0.730. The summed E-state index contributed by atoms with van der Waals surface area (Å²) in [7, 11) is -4.89. The van der Waals surface area contributed by atoms with Crippen molar-refractivity contribution in [2.75, 3.05) is 5.32 Å². The Hall–Kier alpha value is -3.01. The maximum absolute atomic E-state index is 12.8. The summed E-state index contributed by atoms with van der Waals surface area (Å²) in [6.45, 7) is -0.473. The van der Waals surface area contributed by atoms with E-state index in [1.807, 2.05) is 0 Å². The molecule has 3 rings (SSSR count). The Morgan fingerprint density at radius 1 is 1.12 bits per heavy atom. The van der Waals surface area contributed by atoms with Gasteiger partial charge in [-0.05, 0) is 24.3 Å². The molecule has 0 saturated carbocycles. The second-order valence-electron chi connectivity index (χ2n) is 5.27. The molecule has 0 aliphatic heterocycles. The summed E-state index contributed by atoms with van der Waals surface area (Å²) in [6.07, 6.45) is 0. The maximum Gasteiger partial charge on any atom is 0.420 e. The van der Waals surface area contributed by atoms with Gasteiger partial charge in [-0.2, -0.15) is 8.78 Å². The molecule has 1 amide bonds. The van der Waals surface area contributed by atoms with E-state index < -0.39 is 38.7 Å². The molecular formula is C16H12F2N2O5S. The fourth-order valence-corrected chi connectivity index (χ4v) is 3.30. The standard InChI is InChI=1S/C16H12F2N2O5S/c17-15(18)26(23,24)13-8-4-1-5-10(13)19-14(21)9-20-11-6-2-3-7-12(11)25-16(20)22/h1-8,15H,9H2,(H,19,21). The Bertz CT molecular complexity index is 1130. The first-order chi connectivity index (χ1) is 12.3. The molecule has 0 bridgehead atoms. The van der Waals surface area contributed by atoms with Gasteiger partial charge in [0, 0.05) is 0 Å². The molecule has 0 saturated heterocycles. The molecule has 0 fully saturated rings. The first kappa shape index (κ1) is 17.8. The van der Waals surface area contributed by atoms with E-state index >= 15 is 0 Å². The Balaban J connectivity index is 1.90. The van der Waals surface area contributed by atoms with Gasteiger partial charge in [-0.3, -0.25) is 9.36 Å². The van der Waals surface area contributed by atoms with Crippen molar-refractivity contribution in [1.82, 2.24) is 4.57 Å². The fourth-order valence-electron chi connectivity index (χ4n) is 2.41. The second kappa shape index (κ2) is 6.71. The van der Waals surface area contributed by atoms with Gasteiger partial charge in [0.2, 0.25) is 15.7 Å². The third-order valence-electron chi connectivity index (χ3n) is 3.58. The summed E-state index contributed by atoms with van der Waals surface area (Å²) in [4.78, 5) is 23.4. The topological polar surface area (TPSA) is 98.4 Å². The molecule has 10 heteroatoms. The number of carbonyl (C=O) groups is 1. The van der Waals surface area contributed by atoms with Crippen LogP contribution >= 0.6 is 0 Å². The maximum atomic E-state index is 12.8. The van der Waals surface area contributed by atoms with Gasteiger partial charge in [-0.1, -0.05) is 24.3 Å². The van der Waals surface area contributed by atoms with Crippen molar-refractivity contribution in [3.63, 3.8) is 0 Å². The van der Waals surface area contributed by atoms with Crippen LogP contribution in [-0.2, 0) is 21.2 Å². The number of hydrogen-bond donors (Lipinski definition) is 1.